The summed E-state index contributed by atoms with van der Waals surface area (Å²) >= 11 is 0. The molecule has 0 saturated carbocycles. The third kappa shape index (κ3) is 2.80. The zero-order chi connectivity index (χ0) is 14.9. The fourth-order valence-corrected chi connectivity index (χ4v) is 2.42. The summed E-state index contributed by atoms with van der Waals surface area (Å²) in [7, 11) is -3.27. The summed E-state index contributed by atoms with van der Waals surface area (Å²) in [6, 6.07) is 10.0. The number of phenols is 1. The van der Waals surface area contributed by atoms with Crippen molar-refractivity contribution in [2.75, 3.05) is 6.26 Å². The molecule has 0 unspecified atom stereocenters. The van der Waals surface area contributed by atoms with Gasteiger partial charge >= 0.3 is 5.97 Å². The average molecular weight is 292 g/mol. The van der Waals surface area contributed by atoms with Crippen molar-refractivity contribution in [3.63, 3.8) is 0 Å². The molecule has 2 aromatic carbocycles. The van der Waals surface area contributed by atoms with Gasteiger partial charge in [0.2, 0.25) is 0 Å². The van der Waals surface area contributed by atoms with Crippen LogP contribution in [0.5, 0.6) is 5.75 Å². The molecule has 0 bridgehead atoms. The minimum absolute atomic E-state index is 0.0148. The molecule has 0 fully saturated rings. The van der Waals surface area contributed by atoms with E-state index in [1.165, 1.54) is 24.3 Å². The Balaban J connectivity index is 2.45. The van der Waals surface area contributed by atoms with Crippen molar-refractivity contribution in [2.45, 2.75) is 4.90 Å². The van der Waals surface area contributed by atoms with E-state index in [1.54, 1.807) is 12.1 Å². The van der Waals surface area contributed by atoms with E-state index in [4.69, 9.17) is 5.11 Å². The molecule has 0 aromatic heterocycles. The van der Waals surface area contributed by atoms with Crippen LogP contribution in [0.25, 0.3) is 11.1 Å². The first-order chi connectivity index (χ1) is 9.29. The van der Waals surface area contributed by atoms with Gasteiger partial charge in [0.25, 0.3) is 0 Å². The zero-order valence-corrected chi connectivity index (χ0v) is 11.4. The molecule has 0 amide bonds. The molecule has 104 valence electrons. The molecule has 2 aromatic rings. The van der Waals surface area contributed by atoms with Gasteiger partial charge in [0.15, 0.2) is 9.84 Å². The van der Waals surface area contributed by atoms with Gasteiger partial charge in [-0.3, -0.25) is 0 Å². The molecule has 0 heterocycles. The Labute approximate surface area is 116 Å². The Hall–Kier alpha value is -2.34. The van der Waals surface area contributed by atoms with Crippen LogP contribution in [0.2, 0.25) is 0 Å². The zero-order valence-electron chi connectivity index (χ0n) is 10.6. The van der Waals surface area contributed by atoms with Crippen molar-refractivity contribution < 1.29 is 23.4 Å². The monoisotopic (exact) mass is 292 g/mol. The lowest BCUT2D eigenvalue weighted by Crippen LogP contribution is -1.97. The molecule has 5 nitrogen and oxygen atoms in total. The van der Waals surface area contributed by atoms with Crippen molar-refractivity contribution in [3.05, 3.63) is 48.0 Å². The Bertz CT molecular complexity index is 761. The van der Waals surface area contributed by atoms with Gasteiger partial charge in [0.05, 0.1) is 10.5 Å². The van der Waals surface area contributed by atoms with Crippen LogP contribution in [0.15, 0.2) is 47.4 Å². The molecule has 0 aliphatic heterocycles. The fourth-order valence-electron chi connectivity index (χ4n) is 1.79. The van der Waals surface area contributed by atoms with Gasteiger partial charge in [-0.15, -0.1) is 0 Å². The molecule has 0 atom stereocenters. The van der Waals surface area contributed by atoms with Crippen LogP contribution < -0.4 is 0 Å². The summed E-state index contributed by atoms with van der Waals surface area (Å²) in [5.41, 5.74) is 1.03. The molecule has 2 rings (SSSR count). The molecule has 0 saturated heterocycles. The van der Waals surface area contributed by atoms with Crippen molar-refractivity contribution in [1.82, 2.24) is 0 Å². The van der Waals surface area contributed by atoms with E-state index in [2.05, 4.69) is 0 Å². The minimum Gasteiger partial charge on any atom is -0.507 e. The van der Waals surface area contributed by atoms with Crippen LogP contribution in [0.3, 0.4) is 0 Å². The van der Waals surface area contributed by atoms with Gasteiger partial charge in [-0.2, -0.15) is 0 Å². The van der Waals surface area contributed by atoms with Crippen molar-refractivity contribution in [1.29, 1.82) is 0 Å². The molecule has 2 N–H and O–H groups in total. The van der Waals surface area contributed by atoms with Crippen LogP contribution in [-0.2, 0) is 9.84 Å². The number of aromatic hydroxyl groups is 1. The summed E-state index contributed by atoms with van der Waals surface area (Å²) in [5, 5.41) is 18.7. The van der Waals surface area contributed by atoms with Gasteiger partial charge < -0.3 is 10.2 Å². The lowest BCUT2D eigenvalue weighted by Gasteiger charge is -2.07. The van der Waals surface area contributed by atoms with Crippen LogP contribution in [0.1, 0.15) is 10.4 Å². The van der Waals surface area contributed by atoms with Gasteiger partial charge in [-0.1, -0.05) is 12.1 Å². The highest BCUT2D eigenvalue weighted by molar-refractivity contribution is 7.90. The second-order valence-corrected chi connectivity index (χ2v) is 6.35. The van der Waals surface area contributed by atoms with Gasteiger partial charge in [0.1, 0.15) is 5.75 Å². The molecule has 20 heavy (non-hydrogen) atoms. The number of rotatable bonds is 3. The number of sulfone groups is 1. The molecule has 0 aliphatic carbocycles. The quantitative estimate of drug-likeness (QED) is 0.904. The van der Waals surface area contributed by atoms with Crippen molar-refractivity contribution in [3.8, 4) is 16.9 Å². The maximum Gasteiger partial charge on any atom is 0.335 e. The summed E-state index contributed by atoms with van der Waals surface area (Å²) in [6.45, 7) is 0. The third-order valence-electron chi connectivity index (χ3n) is 2.84. The SMILES string of the molecule is CS(=O)(=O)c1ccc(-c2ccc(C(=O)O)cc2O)cc1. The lowest BCUT2D eigenvalue weighted by atomic mass is 10.0. The minimum atomic E-state index is -3.27. The van der Waals surface area contributed by atoms with Crippen molar-refractivity contribution >= 4 is 15.8 Å². The predicted molar refractivity (Wildman–Crippen MR) is 73.6 cm³/mol. The number of hydrogen-bond donors (Lipinski definition) is 2. The molecular formula is C14H12O5S. The van der Waals surface area contributed by atoms with E-state index in [0.717, 1.165) is 12.3 Å². The summed E-state index contributed by atoms with van der Waals surface area (Å²) < 4.78 is 22.7. The van der Waals surface area contributed by atoms with Crippen LogP contribution >= 0.6 is 0 Å². The van der Waals surface area contributed by atoms with Gasteiger partial charge in [0, 0.05) is 11.8 Å². The smallest absolute Gasteiger partial charge is 0.335 e. The van der Waals surface area contributed by atoms with E-state index in [0.29, 0.717) is 11.1 Å². The Kier molecular flexibility index (Phi) is 3.50. The highest BCUT2D eigenvalue weighted by Crippen LogP contribution is 2.30. The maximum atomic E-state index is 11.4. The van der Waals surface area contributed by atoms with Crippen LogP contribution in [-0.4, -0.2) is 30.9 Å². The first-order valence-corrected chi connectivity index (χ1v) is 7.55. The van der Waals surface area contributed by atoms with Crippen LogP contribution in [0, 0.1) is 0 Å². The van der Waals surface area contributed by atoms with E-state index in [1.807, 2.05) is 0 Å². The largest absolute Gasteiger partial charge is 0.507 e. The number of hydrogen-bond acceptors (Lipinski definition) is 4. The molecule has 6 heteroatoms. The first kappa shape index (κ1) is 14.1. The second-order valence-electron chi connectivity index (χ2n) is 4.33. The second kappa shape index (κ2) is 4.97. The molecule has 0 aliphatic rings. The number of carboxylic acid groups (broad SMARTS) is 1. The number of benzene rings is 2. The lowest BCUT2D eigenvalue weighted by molar-refractivity contribution is 0.0696. The number of aromatic carboxylic acids is 1. The number of carbonyl (C=O) groups is 1. The standard InChI is InChI=1S/C14H12O5S/c1-20(18,19)11-5-2-9(3-6-11)12-7-4-10(14(16)17)8-13(12)15/h2-8,15H,1H3,(H,16,17). The van der Waals surface area contributed by atoms with E-state index in [9.17, 15) is 18.3 Å². The Morgan fingerprint density at radius 2 is 1.65 bits per heavy atom. The highest BCUT2D eigenvalue weighted by Gasteiger charge is 2.11. The van der Waals surface area contributed by atoms with Gasteiger partial charge in [-0.05, 0) is 35.9 Å². The van der Waals surface area contributed by atoms with Crippen LogP contribution in [0.4, 0.5) is 0 Å². The predicted octanol–water partition coefficient (Wildman–Crippen LogP) is 2.16. The van der Waals surface area contributed by atoms with Crippen molar-refractivity contribution in [2.24, 2.45) is 0 Å². The number of carboxylic acids is 1. The Morgan fingerprint density at radius 3 is 2.10 bits per heavy atom. The Morgan fingerprint density at radius 1 is 1.05 bits per heavy atom. The maximum absolute atomic E-state index is 11.4. The summed E-state index contributed by atoms with van der Waals surface area (Å²) in [6.07, 6.45) is 1.11. The normalized spacial score (nSPS) is 11.2. The number of phenolic OH excluding ortho intramolecular Hbond substituents is 1. The van der Waals surface area contributed by atoms with E-state index < -0.39 is 15.8 Å². The summed E-state index contributed by atoms with van der Waals surface area (Å²) in [5.74, 6) is -1.30. The highest BCUT2D eigenvalue weighted by atomic mass is 32.2. The molecule has 0 radical (unpaired) electrons. The molecular weight excluding hydrogens is 280 g/mol. The summed E-state index contributed by atoms with van der Waals surface area (Å²) in [4.78, 5) is 11.0. The topological polar surface area (TPSA) is 91.7 Å². The average Bonchev–Trinajstić information content (AvgIpc) is 2.37. The fraction of sp³-hybridized carbons (Fsp3) is 0.0714. The third-order valence-corrected chi connectivity index (χ3v) is 3.97. The van der Waals surface area contributed by atoms with E-state index >= 15 is 0 Å². The van der Waals surface area contributed by atoms with Gasteiger partial charge in [-0.25, -0.2) is 13.2 Å². The molecule has 0 spiro atoms. The van der Waals surface area contributed by atoms with E-state index in [-0.39, 0.29) is 16.2 Å². The first-order valence-electron chi connectivity index (χ1n) is 5.66.